The number of carbonyl (C=O) groups is 1. The second-order valence-corrected chi connectivity index (χ2v) is 3.29. The molecule has 0 radical (unpaired) electrons. The Morgan fingerprint density at radius 2 is 2.25 bits per heavy atom. The number of carboxylic acid groups (broad SMARTS) is 1. The normalized spacial score (nSPS) is 22.1. The summed E-state index contributed by atoms with van der Waals surface area (Å²) < 4.78 is 38.6. The fourth-order valence-corrected chi connectivity index (χ4v) is 1.66. The molecule has 1 N–H and O–H groups in total. The third-order valence-corrected chi connectivity index (χ3v) is 2.35. The molecular formula is C8H8ClF3N2O2. The predicted octanol–water partition coefficient (Wildman–Crippen LogP) is 1.76. The van der Waals surface area contributed by atoms with Crippen molar-refractivity contribution in [1.29, 1.82) is 0 Å². The van der Waals surface area contributed by atoms with Crippen LogP contribution in [0.3, 0.4) is 0 Å². The van der Waals surface area contributed by atoms with Gasteiger partial charge in [0.2, 0.25) is 5.95 Å². The van der Waals surface area contributed by atoms with Crippen LogP contribution in [-0.2, 0) is 4.79 Å². The van der Waals surface area contributed by atoms with E-state index in [9.17, 15) is 18.0 Å². The zero-order chi connectivity index (χ0) is 12.5. The van der Waals surface area contributed by atoms with Crippen molar-refractivity contribution in [1.82, 2.24) is 10.0 Å². The van der Waals surface area contributed by atoms with Gasteiger partial charge in [0.15, 0.2) is 0 Å². The molecule has 0 fully saturated rings. The molecular weight excluding hydrogens is 249 g/mol. The number of rotatable bonds is 4. The Hall–Kier alpha value is -1.21. The third-order valence-electron chi connectivity index (χ3n) is 1.93. The number of halogens is 4. The van der Waals surface area contributed by atoms with Crippen molar-refractivity contribution in [3.63, 3.8) is 0 Å². The van der Waals surface area contributed by atoms with Crippen molar-refractivity contribution in [2.45, 2.75) is 12.1 Å². The first-order valence-corrected chi connectivity index (χ1v) is 4.57. The van der Waals surface area contributed by atoms with Crippen LogP contribution < -0.4 is 0 Å². The highest BCUT2D eigenvalue weighted by Crippen LogP contribution is 2.34. The lowest BCUT2D eigenvalue weighted by Gasteiger charge is -2.29. The Kier molecular flexibility index (Phi) is 3.82. The Labute approximate surface area is 94.2 Å². The number of hydrazine groups is 1. The first-order chi connectivity index (χ1) is 7.41. The summed E-state index contributed by atoms with van der Waals surface area (Å²) in [6.07, 6.45) is 1.16. The molecule has 0 bridgehead atoms. The minimum absolute atomic E-state index is 0.141. The van der Waals surface area contributed by atoms with E-state index in [4.69, 9.17) is 16.7 Å². The number of nitrogens with zero attached hydrogens (tertiary/aromatic N) is 2. The van der Waals surface area contributed by atoms with Gasteiger partial charge in [-0.05, 0) is 0 Å². The molecule has 0 aromatic rings. The highest BCUT2D eigenvalue weighted by molar-refractivity contribution is 6.25. The lowest BCUT2D eigenvalue weighted by molar-refractivity contribution is -0.140. The van der Waals surface area contributed by atoms with Gasteiger partial charge in [-0.25, -0.2) is 4.79 Å². The van der Waals surface area contributed by atoms with Gasteiger partial charge in [-0.15, -0.1) is 11.6 Å². The van der Waals surface area contributed by atoms with Gasteiger partial charge in [0.25, 0.3) is 0 Å². The molecule has 1 aliphatic rings. The van der Waals surface area contributed by atoms with Crippen molar-refractivity contribution in [2.24, 2.45) is 0 Å². The SMILES string of the molecule is C=CCN1C(F)=C(C(=O)O)C(Cl)N1C(F)F. The average molecular weight is 257 g/mol. The van der Waals surface area contributed by atoms with Gasteiger partial charge in [0, 0.05) is 0 Å². The van der Waals surface area contributed by atoms with E-state index in [-0.39, 0.29) is 11.6 Å². The van der Waals surface area contributed by atoms with Crippen LogP contribution >= 0.6 is 11.6 Å². The summed E-state index contributed by atoms with van der Waals surface area (Å²) in [6, 6.07) is 0. The van der Waals surface area contributed by atoms with Crippen LogP contribution in [-0.4, -0.2) is 39.7 Å². The van der Waals surface area contributed by atoms with Crippen LogP contribution in [0, 0.1) is 0 Å². The average Bonchev–Trinajstić information content (AvgIpc) is 2.39. The quantitative estimate of drug-likeness (QED) is 0.473. The van der Waals surface area contributed by atoms with Gasteiger partial charge >= 0.3 is 12.5 Å². The van der Waals surface area contributed by atoms with Gasteiger partial charge in [0.1, 0.15) is 11.1 Å². The van der Waals surface area contributed by atoms with Crippen molar-refractivity contribution in [3.05, 3.63) is 24.2 Å². The van der Waals surface area contributed by atoms with Crippen LogP contribution in [0.25, 0.3) is 0 Å². The van der Waals surface area contributed by atoms with Crippen LogP contribution in [0.1, 0.15) is 0 Å². The van der Waals surface area contributed by atoms with Gasteiger partial charge < -0.3 is 5.11 Å². The van der Waals surface area contributed by atoms with Gasteiger partial charge in [0.05, 0.1) is 6.54 Å². The molecule has 1 atom stereocenters. The fourth-order valence-electron chi connectivity index (χ4n) is 1.28. The molecule has 1 rings (SSSR count). The van der Waals surface area contributed by atoms with E-state index in [1.807, 2.05) is 0 Å². The van der Waals surface area contributed by atoms with E-state index in [0.717, 1.165) is 6.08 Å². The smallest absolute Gasteiger partial charge is 0.339 e. The molecule has 8 heteroatoms. The van der Waals surface area contributed by atoms with Crippen molar-refractivity contribution in [3.8, 4) is 0 Å². The van der Waals surface area contributed by atoms with Gasteiger partial charge in [-0.1, -0.05) is 17.7 Å². The summed E-state index contributed by atoms with van der Waals surface area (Å²) in [4.78, 5) is 10.6. The summed E-state index contributed by atoms with van der Waals surface area (Å²) >= 11 is 5.45. The molecule has 4 nitrogen and oxygen atoms in total. The number of aliphatic carboxylic acids is 1. The van der Waals surface area contributed by atoms with Crippen LogP contribution in [0.4, 0.5) is 13.2 Å². The molecule has 1 aliphatic heterocycles. The Morgan fingerprint density at radius 1 is 1.69 bits per heavy atom. The fraction of sp³-hybridized carbons (Fsp3) is 0.375. The topological polar surface area (TPSA) is 43.8 Å². The lowest BCUT2D eigenvalue weighted by Crippen LogP contribution is -2.44. The second kappa shape index (κ2) is 4.75. The Morgan fingerprint density at radius 3 is 2.62 bits per heavy atom. The van der Waals surface area contributed by atoms with E-state index in [0.29, 0.717) is 5.01 Å². The summed E-state index contributed by atoms with van der Waals surface area (Å²) in [5.41, 5.74) is -2.64. The molecule has 16 heavy (non-hydrogen) atoms. The molecule has 1 unspecified atom stereocenters. The number of hydrogen-bond acceptors (Lipinski definition) is 3. The minimum Gasteiger partial charge on any atom is -0.478 e. The van der Waals surface area contributed by atoms with E-state index in [1.165, 1.54) is 0 Å². The first-order valence-electron chi connectivity index (χ1n) is 4.13. The highest BCUT2D eigenvalue weighted by atomic mass is 35.5. The third kappa shape index (κ3) is 2.00. The van der Waals surface area contributed by atoms with E-state index < -0.39 is 29.5 Å². The second-order valence-electron chi connectivity index (χ2n) is 2.87. The number of hydrogen-bond donors (Lipinski definition) is 1. The minimum atomic E-state index is -3.11. The zero-order valence-electron chi connectivity index (χ0n) is 7.91. The van der Waals surface area contributed by atoms with E-state index >= 15 is 0 Å². The summed E-state index contributed by atoms with van der Waals surface area (Å²) in [6.45, 7) is -0.148. The Bertz CT molecular complexity index is 348. The van der Waals surface area contributed by atoms with Gasteiger partial charge in [-0.2, -0.15) is 13.2 Å². The van der Waals surface area contributed by atoms with E-state index in [2.05, 4.69) is 6.58 Å². The monoisotopic (exact) mass is 256 g/mol. The summed E-state index contributed by atoms with van der Waals surface area (Å²) in [5.74, 6) is -2.97. The van der Waals surface area contributed by atoms with Crippen molar-refractivity contribution in [2.75, 3.05) is 6.54 Å². The van der Waals surface area contributed by atoms with E-state index in [1.54, 1.807) is 0 Å². The van der Waals surface area contributed by atoms with Gasteiger partial charge in [-0.3, -0.25) is 5.01 Å². The molecule has 0 amide bonds. The van der Waals surface area contributed by atoms with Crippen molar-refractivity contribution < 1.29 is 23.1 Å². The lowest BCUT2D eigenvalue weighted by atomic mass is 10.3. The molecule has 0 saturated heterocycles. The maximum Gasteiger partial charge on any atom is 0.339 e. The zero-order valence-corrected chi connectivity index (χ0v) is 8.66. The summed E-state index contributed by atoms with van der Waals surface area (Å²) in [7, 11) is 0. The highest BCUT2D eigenvalue weighted by Gasteiger charge is 2.45. The summed E-state index contributed by atoms with van der Waals surface area (Å²) in [5, 5.41) is 9.22. The maximum absolute atomic E-state index is 13.5. The number of carboxylic acids is 1. The van der Waals surface area contributed by atoms with Crippen LogP contribution in [0.2, 0.25) is 0 Å². The van der Waals surface area contributed by atoms with Crippen LogP contribution in [0.15, 0.2) is 24.2 Å². The molecule has 0 saturated carbocycles. The molecule has 1 heterocycles. The molecule has 90 valence electrons. The maximum atomic E-state index is 13.5. The number of alkyl halides is 3. The standard InChI is InChI=1S/C8H8ClF3N2O2/c1-2-3-13-6(10)4(7(15)16)5(9)14(13)8(11)12/h2,5,8H,1,3H2,(H,15,16). The largest absolute Gasteiger partial charge is 0.478 e. The molecule has 0 spiro atoms. The first kappa shape index (κ1) is 12.9. The molecule has 0 aromatic carbocycles. The predicted molar refractivity (Wildman–Crippen MR) is 50.2 cm³/mol. The molecule has 0 aliphatic carbocycles. The van der Waals surface area contributed by atoms with Crippen LogP contribution in [0.5, 0.6) is 0 Å². The Balaban J connectivity index is 3.11. The molecule has 0 aromatic heterocycles. The van der Waals surface area contributed by atoms with Crippen molar-refractivity contribution >= 4 is 17.6 Å².